The summed E-state index contributed by atoms with van der Waals surface area (Å²) in [7, 11) is 0. The summed E-state index contributed by atoms with van der Waals surface area (Å²) in [6.07, 6.45) is -0.763. The van der Waals surface area contributed by atoms with Crippen molar-refractivity contribution in [3.8, 4) is 11.1 Å². The van der Waals surface area contributed by atoms with Gasteiger partial charge in [-0.25, -0.2) is 4.79 Å². The lowest BCUT2D eigenvalue weighted by Gasteiger charge is -2.22. The molecule has 1 aliphatic carbocycles. The predicted octanol–water partition coefficient (Wildman–Crippen LogP) is 3.06. The van der Waals surface area contributed by atoms with Crippen LogP contribution in [0.2, 0.25) is 0 Å². The third-order valence-corrected chi connectivity index (χ3v) is 5.40. The molecule has 0 spiro atoms. The Hall–Kier alpha value is -3.03. The fraction of sp³-hybridized carbons (Fsp3) is 0.348. The van der Waals surface area contributed by atoms with Crippen molar-refractivity contribution in [2.75, 3.05) is 6.61 Å². The first-order valence-corrected chi connectivity index (χ1v) is 9.94. The number of hydrogen-bond donors (Lipinski definition) is 3. The Balaban J connectivity index is 1.69. The molecule has 3 N–H and O–H groups in total. The molecule has 0 saturated heterocycles. The van der Waals surface area contributed by atoms with Gasteiger partial charge in [0.25, 0.3) is 0 Å². The molecule has 30 heavy (non-hydrogen) atoms. The highest BCUT2D eigenvalue weighted by Gasteiger charge is 2.33. The van der Waals surface area contributed by atoms with Crippen LogP contribution in [0.1, 0.15) is 37.8 Å². The van der Waals surface area contributed by atoms with Crippen LogP contribution in [0.3, 0.4) is 0 Å². The molecule has 2 atom stereocenters. The summed E-state index contributed by atoms with van der Waals surface area (Å²) in [5.41, 5.74) is 6.17. The van der Waals surface area contributed by atoms with Gasteiger partial charge >= 0.3 is 6.09 Å². The van der Waals surface area contributed by atoms with Crippen LogP contribution in [0.4, 0.5) is 4.79 Å². The smallest absolute Gasteiger partial charge is 0.407 e. The van der Waals surface area contributed by atoms with E-state index in [1.807, 2.05) is 48.5 Å². The van der Waals surface area contributed by atoms with Crippen molar-refractivity contribution in [3.05, 3.63) is 59.7 Å². The first kappa shape index (κ1) is 21.7. The first-order chi connectivity index (χ1) is 14.3. The minimum absolute atomic E-state index is 0.100. The summed E-state index contributed by atoms with van der Waals surface area (Å²) in [6.45, 7) is 4.92. The molecule has 1 amide bonds. The molecule has 7 nitrogen and oxygen atoms in total. The number of ether oxygens (including phenoxy) is 1. The van der Waals surface area contributed by atoms with Crippen LogP contribution in [0.25, 0.3) is 11.1 Å². The summed E-state index contributed by atoms with van der Waals surface area (Å²) < 4.78 is 5.46. The lowest BCUT2D eigenvalue weighted by Crippen LogP contribution is -2.51. The molecular formula is C23H26N2O5. The van der Waals surface area contributed by atoms with E-state index in [4.69, 9.17) is 9.94 Å². The van der Waals surface area contributed by atoms with Crippen LogP contribution < -0.4 is 10.8 Å². The Bertz CT molecular complexity index is 911. The molecule has 158 valence electrons. The summed E-state index contributed by atoms with van der Waals surface area (Å²) in [6, 6.07) is 13.9. The maximum atomic E-state index is 12.4. The van der Waals surface area contributed by atoms with Gasteiger partial charge in [0.15, 0.2) is 0 Å². The minimum Gasteiger partial charge on any atom is -0.449 e. The highest BCUT2D eigenvalue weighted by molar-refractivity contribution is 6.41. The topological polar surface area (TPSA) is 105 Å². The maximum Gasteiger partial charge on any atom is 0.407 e. The molecule has 0 aliphatic heterocycles. The van der Waals surface area contributed by atoms with Gasteiger partial charge in [-0.3, -0.25) is 9.59 Å². The van der Waals surface area contributed by atoms with Gasteiger partial charge < -0.3 is 15.3 Å². The molecule has 1 aliphatic rings. The van der Waals surface area contributed by atoms with Crippen LogP contribution in [0.15, 0.2) is 48.5 Å². The fourth-order valence-electron chi connectivity index (χ4n) is 3.73. The number of carbonyl (C=O) groups excluding carboxylic acids is 3. The molecule has 0 radical (unpaired) electrons. The van der Waals surface area contributed by atoms with Crippen LogP contribution in [0.5, 0.6) is 0 Å². The van der Waals surface area contributed by atoms with Crippen molar-refractivity contribution in [1.82, 2.24) is 10.8 Å². The van der Waals surface area contributed by atoms with Crippen LogP contribution in [-0.4, -0.2) is 41.6 Å². The maximum absolute atomic E-state index is 12.4. The SMILES string of the molecule is CC(C)[C@H](NC(=O)OCC1c2ccccc2-c2ccccc21)C(=O)C(=O)[C@H](C)NO. The second kappa shape index (κ2) is 9.19. The molecule has 0 aromatic heterocycles. The molecule has 0 fully saturated rings. The second-order valence-corrected chi connectivity index (χ2v) is 7.77. The van der Waals surface area contributed by atoms with Gasteiger partial charge in [0.2, 0.25) is 11.6 Å². The van der Waals surface area contributed by atoms with Gasteiger partial charge in [0, 0.05) is 5.92 Å². The van der Waals surface area contributed by atoms with E-state index in [9.17, 15) is 14.4 Å². The summed E-state index contributed by atoms with van der Waals surface area (Å²) >= 11 is 0. The highest BCUT2D eigenvalue weighted by Crippen LogP contribution is 2.44. The van der Waals surface area contributed by atoms with Gasteiger partial charge in [-0.15, -0.1) is 0 Å². The number of ketones is 2. The number of carbonyl (C=O) groups is 3. The highest BCUT2D eigenvalue weighted by atomic mass is 16.5. The van der Waals surface area contributed by atoms with Crippen LogP contribution in [0, 0.1) is 5.92 Å². The van der Waals surface area contributed by atoms with Gasteiger partial charge in [0.1, 0.15) is 12.6 Å². The number of hydroxylamine groups is 1. The standard InChI is InChI=1S/C23H26N2O5/c1-13(2)20(22(27)21(26)14(3)25-29)24-23(28)30-12-19-17-10-6-4-8-15(17)16-9-5-7-11-18(16)19/h4-11,13-14,19-20,25,29H,12H2,1-3H3,(H,24,28)/t14-,20-/m0/s1. The van der Waals surface area contributed by atoms with E-state index in [2.05, 4.69) is 5.32 Å². The van der Waals surface area contributed by atoms with Crippen molar-refractivity contribution in [1.29, 1.82) is 0 Å². The zero-order valence-electron chi connectivity index (χ0n) is 17.2. The molecule has 0 saturated carbocycles. The number of rotatable bonds is 8. The van der Waals surface area contributed by atoms with Gasteiger partial charge in [-0.1, -0.05) is 62.4 Å². The quantitative estimate of drug-likeness (QED) is 0.456. The Morgan fingerprint density at radius 2 is 1.47 bits per heavy atom. The Morgan fingerprint density at radius 1 is 0.933 bits per heavy atom. The first-order valence-electron chi connectivity index (χ1n) is 9.94. The predicted molar refractivity (Wildman–Crippen MR) is 111 cm³/mol. The van der Waals surface area contributed by atoms with E-state index < -0.39 is 29.7 Å². The Labute approximate surface area is 175 Å². The third kappa shape index (κ3) is 4.27. The van der Waals surface area contributed by atoms with Gasteiger partial charge in [-0.05, 0) is 35.1 Å². The molecule has 7 heteroatoms. The Morgan fingerprint density at radius 3 is 1.97 bits per heavy atom. The zero-order chi connectivity index (χ0) is 21.8. The average molecular weight is 410 g/mol. The number of benzene rings is 2. The third-order valence-electron chi connectivity index (χ3n) is 5.40. The van der Waals surface area contributed by atoms with Crippen LogP contribution >= 0.6 is 0 Å². The molecule has 3 rings (SSSR count). The van der Waals surface area contributed by atoms with E-state index in [0.717, 1.165) is 22.3 Å². The van der Waals surface area contributed by atoms with E-state index >= 15 is 0 Å². The van der Waals surface area contributed by atoms with Gasteiger partial charge in [0.05, 0.1) is 6.04 Å². The normalized spacial score (nSPS) is 14.6. The molecule has 0 bridgehead atoms. The number of hydrogen-bond acceptors (Lipinski definition) is 6. The van der Waals surface area contributed by atoms with Crippen LogP contribution in [-0.2, 0) is 14.3 Å². The van der Waals surface area contributed by atoms with Crippen molar-refractivity contribution in [3.63, 3.8) is 0 Å². The fourth-order valence-corrected chi connectivity index (χ4v) is 3.73. The molecule has 2 aromatic rings. The van der Waals surface area contributed by atoms with E-state index in [0.29, 0.717) is 0 Å². The number of amides is 1. The molecule has 0 unspecified atom stereocenters. The van der Waals surface area contributed by atoms with Crippen molar-refractivity contribution in [2.45, 2.75) is 38.8 Å². The number of nitrogens with one attached hydrogen (secondary N) is 2. The lowest BCUT2D eigenvalue weighted by atomic mass is 9.95. The Kier molecular flexibility index (Phi) is 6.64. The largest absolute Gasteiger partial charge is 0.449 e. The van der Waals surface area contributed by atoms with E-state index in [-0.39, 0.29) is 18.4 Å². The molecular weight excluding hydrogens is 384 g/mol. The number of fused-ring (bicyclic) bond motifs is 3. The van der Waals surface area contributed by atoms with Crippen molar-refractivity contribution < 1.29 is 24.3 Å². The van der Waals surface area contributed by atoms with Crippen molar-refractivity contribution >= 4 is 17.7 Å². The molecule has 0 heterocycles. The van der Waals surface area contributed by atoms with E-state index in [1.165, 1.54) is 6.92 Å². The monoisotopic (exact) mass is 410 g/mol. The lowest BCUT2D eigenvalue weighted by molar-refractivity contribution is -0.140. The second-order valence-electron chi connectivity index (χ2n) is 7.77. The average Bonchev–Trinajstić information content (AvgIpc) is 3.08. The summed E-state index contributed by atoms with van der Waals surface area (Å²) in [5, 5.41) is 11.4. The van der Waals surface area contributed by atoms with Crippen molar-refractivity contribution in [2.24, 2.45) is 5.92 Å². The minimum atomic E-state index is -1.05. The van der Waals surface area contributed by atoms with Gasteiger partial charge in [-0.2, -0.15) is 5.48 Å². The number of alkyl carbamates (subject to hydrolysis) is 1. The summed E-state index contributed by atoms with van der Waals surface area (Å²) in [4.78, 5) is 37.0. The zero-order valence-corrected chi connectivity index (χ0v) is 17.2. The molecule has 2 aromatic carbocycles. The number of Topliss-reactive ketones (excluding diaryl/α,β-unsaturated/α-hetero) is 2. The summed E-state index contributed by atoms with van der Waals surface area (Å²) in [5.74, 6) is -2.02. The van der Waals surface area contributed by atoms with E-state index in [1.54, 1.807) is 19.3 Å².